The van der Waals surface area contributed by atoms with Crippen LogP contribution < -0.4 is 10.6 Å². The summed E-state index contributed by atoms with van der Waals surface area (Å²) in [6.07, 6.45) is -3.93. The number of rotatable bonds is 4. The number of aliphatic hydroxyl groups excluding tert-OH is 2. The summed E-state index contributed by atoms with van der Waals surface area (Å²) in [5.41, 5.74) is -0.321. The molecule has 3 unspecified atom stereocenters. The fourth-order valence-electron chi connectivity index (χ4n) is 2.40. The summed E-state index contributed by atoms with van der Waals surface area (Å²) < 4.78 is 36.6. The molecule has 0 aromatic carbocycles. The fourth-order valence-corrected chi connectivity index (χ4v) is 2.40. The van der Waals surface area contributed by atoms with Crippen molar-refractivity contribution in [2.24, 2.45) is 10.4 Å². The van der Waals surface area contributed by atoms with E-state index in [0.717, 1.165) is 25.7 Å². The Labute approximate surface area is 145 Å². The Kier molecular flexibility index (Phi) is 8.99. The van der Waals surface area contributed by atoms with Gasteiger partial charge in [-0.25, -0.2) is 0 Å². The second-order valence-corrected chi connectivity index (χ2v) is 5.78. The summed E-state index contributed by atoms with van der Waals surface area (Å²) >= 11 is 0. The summed E-state index contributed by atoms with van der Waals surface area (Å²) in [6.45, 7) is 1.69. The van der Waals surface area contributed by atoms with E-state index in [4.69, 9.17) is 5.11 Å². The standard InChI is InChI=1S/C13H24F3N3O2.HI/c1-12(6-4-3-5-9(12)20)8-19-11(17-2)18-7-10(21)13(14,15)16;/h9-10,20-21H,3-8H2,1-2H3,(H2,17,18,19);1H. The molecule has 0 aliphatic heterocycles. The number of aliphatic hydroxyl groups is 2. The first-order valence-corrected chi connectivity index (χ1v) is 7.06. The van der Waals surface area contributed by atoms with Crippen molar-refractivity contribution < 1.29 is 23.4 Å². The molecule has 0 heterocycles. The van der Waals surface area contributed by atoms with Crippen molar-refractivity contribution in [2.75, 3.05) is 20.1 Å². The normalized spacial score (nSPS) is 27.8. The van der Waals surface area contributed by atoms with Crippen LogP contribution in [0.1, 0.15) is 32.6 Å². The summed E-state index contributed by atoms with van der Waals surface area (Å²) in [4.78, 5) is 3.82. The van der Waals surface area contributed by atoms with E-state index in [9.17, 15) is 18.3 Å². The maximum absolute atomic E-state index is 12.2. The van der Waals surface area contributed by atoms with Crippen molar-refractivity contribution in [1.82, 2.24) is 10.6 Å². The lowest BCUT2D eigenvalue weighted by Gasteiger charge is -2.38. The average molecular weight is 439 g/mol. The maximum atomic E-state index is 12.2. The Bertz CT molecular complexity index is 369. The number of nitrogens with zero attached hydrogens (tertiary/aromatic N) is 1. The Balaban J connectivity index is 0.00000441. The summed E-state index contributed by atoms with van der Waals surface area (Å²) in [7, 11) is 1.44. The molecular weight excluding hydrogens is 414 g/mol. The van der Waals surface area contributed by atoms with Crippen molar-refractivity contribution >= 4 is 29.9 Å². The monoisotopic (exact) mass is 439 g/mol. The predicted molar refractivity (Wildman–Crippen MR) is 89.4 cm³/mol. The Morgan fingerprint density at radius 1 is 1.36 bits per heavy atom. The van der Waals surface area contributed by atoms with Gasteiger partial charge in [0.15, 0.2) is 12.1 Å². The zero-order valence-corrected chi connectivity index (χ0v) is 15.1. The highest BCUT2D eigenvalue weighted by Crippen LogP contribution is 2.35. The Hall–Kier alpha value is -0.290. The first-order chi connectivity index (χ1) is 9.69. The molecule has 1 aliphatic rings. The van der Waals surface area contributed by atoms with Gasteiger partial charge in [-0.05, 0) is 12.8 Å². The summed E-state index contributed by atoms with van der Waals surface area (Å²) in [5, 5.41) is 24.3. The van der Waals surface area contributed by atoms with Gasteiger partial charge in [0.25, 0.3) is 0 Å². The predicted octanol–water partition coefficient (Wildman–Crippen LogP) is 1.63. The second-order valence-electron chi connectivity index (χ2n) is 5.78. The van der Waals surface area contributed by atoms with Gasteiger partial charge in [-0.1, -0.05) is 19.8 Å². The molecule has 0 bridgehead atoms. The van der Waals surface area contributed by atoms with Gasteiger partial charge in [0.05, 0.1) is 12.6 Å². The van der Waals surface area contributed by atoms with Gasteiger partial charge >= 0.3 is 6.18 Å². The molecule has 1 fully saturated rings. The van der Waals surface area contributed by atoms with Crippen LogP contribution in [0.5, 0.6) is 0 Å². The highest BCUT2D eigenvalue weighted by molar-refractivity contribution is 14.0. The van der Waals surface area contributed by atoms with Crippen LogP contribution in [0, 0.1) is 5.41 Å². The quantitative estimate of drug-likeness (QED) is 0.305. The molecule has 0 saturated heterocycles. The molecule has 1 saturated carbocycles. The lowest BCUT2D eigenvalue weighted by atomic mass is 9.73. The molecule has 0 radical (unpaired) electrons. The van der Waals surface area contributed by atoms with E-state index in [2.05, 4.69) is 15.6 Å². The van der Waals surface area contributed by atoms with Crippen LogP contribution in [0.3, 0.4) is 0 Å². The fraction of sp³-hybridized carbons (Fsp3) is 0.923. The molecule has 1 aliphatic carbocycles. The van der Waals surface area contributed by atoms with E-state index < -0.39 is 24.9 Å². The van der Waals surface area contributed by atoms with Crippen LogP contribution in [0.15, 0.2) is 4.99 Å². The second kappa shape index (κ2) is 9.11. The number of aliphatic imine (C=N–C) groups is 1. The first-order valence-electron chi connectivity index (χ1n) is 7.06. The van der Waals surface area contributed by atoms with E-state index in [1.54, 1.807) is 0 Å². The van der Waals surface area contributed by atoms with Gasteiger partial charge in [0, 0.05) is 19.0 Å². The minimum absolute atomic E-state index is 0. The van der Waals surface area contributed by atoms with E-state index in [1.165, 1.54) is 7.05 Å². The number of hydrogen-bond acceptors (Lipinski definition) is 3. The van der Waals surface area contributed by atoms with Crippen molar-refractivity contribution in [1.29, 1.82) is 0 Å². The zero-order chi connectivity index (χ0) is 16.1. The van der Waals surface area contributed by atoms with Crippen molar-refractivity contribution in [2.45, 2.75) is 51.0 Å². The van der Waals surface area contributed by atoms with Crippen LogP contribution in [0.2, 0.25) is 0 Å². The highest BCUT2D eigenvalue weighted by Gasteiger charge is 2.38. The van der Waals surface area contributed by atoms with E-state index >= 15 is 0 Å². The molecule has 3 atom stereocenters. The molecule has 5 nitrogen and oxygen atoms in total. The molecular formula is C13H25F3IN3O2. The minimum atomic E-state index is -4.66. The van der Waals surface area contributed by atoms with Crippen LogP contribution in [0.25, 0.3) is 0 Å². The van der Waals surface area contributed by atoms with Crippen molar-refractivity contribution in [3.8, 4) is 0 Å². The van der Waals surface area contributed by atoms with Crippen LogP contribution >= 0.6 is 24.0 Å². The van der Waals surface area contributed by atoms with Gasteiger partial charge in [0.1, 0.15) is 0 Å². The molecule has 9 heteroatoms. The number of halogens is 4. The van der Waals surface area contributed by atoms with Gasteiger partial charge in [0.2, 0.25) is 0 Å². The molecule has 0 aromatic rings. The minimum Gasteiger partial charge on any atom is -0.392 e. The average Bonchev–Trinajstić information content (AvgIpc) is 2.41. The van der Waals surface area contributed by atoms with Gasteiger partial charge in [-0.2, -0.15) is 13.2 Å². The number of alkyl halides is 3. The first kappa shape index (κ1) is 21.7. The maximum Gasteiger partial charge on any atom is 0.416 e. The van der Waals surface area contributed by atoms with Crippen molar-refractivity contribution in [3.63, 3.8) is 0 Å². The molecule has 4 N–H and O–H groups in total. The molecule has 0 amide bonds. The molecule has 0 spiro atoms. The number of guanidine groups is 1. The van der Waals surface area contributed by atoms with Crippen LogP contribution in [0.4, 0.5) is 13.2 Å². The van der Waals surface area contributed by atoms with Gasteiger partial charge in [-0.15, -0.1) is 24.0 Å². The van der Waals surface area contributed by atoms with E-state index in [-0.39, 0.29) is 35.4 Å². The molecule has 1 rings (SSSR count). The largest absolute Gasteiger partial charge is 0.416 e. The third kappa shape index (κ3) is 6.45. The van der Waals surface area contributed by atoms with Crippen LogP contribution in [-0.4, -0.2) is 54.7 Å². The van der Waals surface area contributed by atoms with Crippen LogP contribution in [-0.2, 0) is 0 Å². The summed E-state index contributed by atoms with van der Waals surface area (Å²) in [5.74, 6) is 0.178. The Morgan fingerprint density at radius 2 is 2.00 bits per heavy atom. The van der Waals surface area contributed by atoms with Crippen molar-refractivity contribution in [3.05, 3.63) is 0 Å². The van der Waals surface area contributed by atoms with Gasteiger partial charge < -0.3 is 20.8 Å². The van der Waals surface area contributed by atoms with Gasteiger partial charge in [-0.3, -0.25) is 4.99 Å². The molecule has 0 aromatic heterocycles. The smallest absolute Gasteiger partial charge is 0.392 e. The summed E-state index contributed by atoms with van der Waals surface area (Å²) in [6, 6.07) is 0. The molecule has 132 valence electrons. The molecule has 22 heavy (non-hydrogen) atoms. The SMILES string of the molecule is CN=C(NCC(O)C(F)(F)F)NCC1(C)CCCCC1O.I. The lowest BCUT2D eigenvalue weighted by Crippen LogP contribution is -2.50. The third-order valence-electron chi connectivity index (χ3n) is 4.00. The number of nitrogens with one attached hydrogen (secondary N) is 2. The van der Waals surface area contributed by atoms with E-state index in [1.807, 2.05) is 6.92 Å². The third-order valence-corrected chi connectivity index (χ3v) is 4.00. The highest BCUT2D eigenvalue weighted by atomic mass is 127. The number of hydrogen-bond donors (Lipinski definition) is 4. The zero-order valence-electron chi connectivity index (χ0n) is 12.8. The topological polar surface area (TPSA) is 76.9 Å². The Morgan fingerprint density at radius 3 is 2.50 bits per heavy atom. The lowest BCUT2D eigenvalue weighted by molar-refractivity contribution is -0.201. The van der Waals surface area contributed by atoms with E-state index in [0.29, 0.717) is 6.54 Å².